The van der Waals surface area contributed by atoms with E-state index in [0.29, 0.717) is 25.4 Å². The Bertz CT molecular complexity index is 278. The minimum atomic E-state index is -0.881. The molecule has 1 fully saturated rings. The number of carboxylic acids is 1. The Hall–Kier alpha value is -1.10. The van der Waals surface area contributed by atoms with Crippen molar-refractivity contribution in [3.05, 3.63) is 0 Å². The minimum Gasteiger partial charge on any atom is -0.481 e. The number of amides is 1. The van der Waals surface area contributed by atoms with Crippen LogP contribution in [0.4, 0.5) is 0 Å². The summed E-state index contributed by atoms with van der Waals surface area (Å²) in [6.07, 6.45) is 3.01. The van der Waals surface area contributed by atoms with Gasteiger partial charge in [0.15, 0.2) is 0 Å². The van der Waals surface area contributed by atoms with Crippen LogP contribution in [0.5, 0.6) is 0 Å². The first-order chi connectivity index (χ1) is 8.02. The molecule has 2 N–H and O–H groups in total. The van der Waals surface area contributed by atoms with Crippen molar-refractivity contribution < 1.29 is 19.5 Å². The molecule has 0 aliphatic heterocycles. The number of hydrogen-bond donors (Lipinski definition) is 2. The first-order valence-electron chi connectivity index (χ1n) is 6.16. The second-order valence-electron chi connectivity index (χ2n) is 5.01. The number of carbonyl (C=O) groups excluding carboxylic acids is 1. The van der Waals surface area contributed by atoms with Crippen molar-refractivity contribution in [2.45, 2.75) is 39.5 Å². The highest BCUT2D eigenvalue weighted by Gasteiger charge is 2.35. The van der Waals surface area contributed by atoms with E-state index < -0.39 is 17.8 Å². The van der Waals surface area contributed by atoms with Gasteiger partial charge in [0.25, 0.3) is 0 Å². The van der Waals surface area contributed by atoms with E-state index >= 15 is 0 Å². The first kappa shape index (κ1) is 14.0. The summed E-state index contributed by atoms with van der Waals surface area (Å²) in [5, 5.41) is 9.05. The highest BCUT2D eigenvalue weighted by molar-refractivity contribution is 5.84. The number of carbonyl (C=O) groups is 2. The van der Waals surface area contributed by atoms with Gasteiger partial charge in [-0.15, -0.1) is 0 Å². The monoisotopic (exact) mass is 243 g/mol. The molecule has 98 valence electrons. The average molecular weight is 243 g/mol. The van der Waals surface area contributed by atoms with Crippen molar-refractivity contribution in [3.63, 3.8) is 0 Å². The van der Waals surface area contributed by atoms with Gasteiger partial charge < -0.3 is 5.11 Å². The smallest absolute Gasteiger partial charge is 0.307 e. The fourth-order valence-electron chi connectivity index (χ4n) is 2.10. The second kappa shape index (κ2) is 6.59. The Balaban J connectivity index is 2.45. The molecule has 0 bridgehead atoms. The molecule has 1 amide bonds. The largest absolute Gasteiger partial charge is 0.481 e. The van der Waals surface area contributed by atoms with Crippen LogP contribution < -0.4 is 5.48 Å². The summed E-state index contributed by atoms with van der Waals surface area (Å²) in [5.74, 6) is -1.86. The maximum Gasteiger partial charge on any atom is 0.307 e. The molecule has 0 saturated heterocycles. The molecule has 0 aromatic carbocycles. The summed E-state index contributed by atoms with van der Waals surface area (Å²) in [4.78, 5) is 27.9. The quantitative estimate of drug-likeness (QED) is 0.719. The fraction of sp³-hybridized carbons (Fsp3) is 0.833. The Kier molecular flexibility index (Phi) is 5.41. The zero-order chi connectivity index (χ0) is 12.8. The molecule has 2 unspecified atom stereocenters. The lowest BCUT2D eigenvalue weighted by Crippen LogP contribution is -2.40. The molecular weight excluding hydrogens is 222 g/mol. The lowest BCUT2D eigenvalue weighted by Gasteiger charge is -2.27. The first-order valence-corrected chi connectivity index (χ1v) is 6.16. The van der Waals surface area contributed by atoms with Crippen LogP contribution in [0, 0.1) is 17.8 Å². The van der Waals surface area contributed by atoms with E-state index in [1.165, 1.54) is 0 Å². The summed E-state index contributed by atoms with van der Waals surface area (Å²) >= 11 is 0. The van der Waals surface area contributed by atoms with Gasteiger partial charge in [-0.1, -0.05) is 26.7 Å². The number of carboxylic acid groups (broad SMARTS) is 1. The average Bonchev–Trinajstić information content (AvgIpc) is 2.28. The van der Waals surface area contributed by atoms with Crippen LogP contribution in [-0.4, -0.2) is 23.6 Å². The zero-order valence-electron chi connectivity index (χ0n) is 10.4. The van der Waals surface area contributed by atoms with Gasteiger partial charge in [-0.25, -0.2) is 5.48 Å². The van der Waals surface area contributed by atoms with Crippen LogP contribution in [0.25, 0.3) is 0 Å². The van der Waals surface area contributed by atoms with Crippen molar-refractivity contribution >= 4 is 11.9 Å². The van der Waals surface area contributed by atoms with Crippen LogP contribution in [0.2, 0.25) is 0 Å². The Morgan fingerprint density at radius 3 is 2.41 bits per heavy atom. The van der Waals surface area contributed by atoms with Crippen LogP contribution in [-0.2, 0) is 14.4 Å². The van der Waals surface area contributed by atoms with E-state index in [0.717, 1.165) is 12.8 Å². The van der Waals surface area contributed by atoms with Gasteiger partial charge in [-0.3, -0.25) is 14.4 Å². The summed E-state index contributed by atoms with van der Waals surface area (Å²) in [6.45, 7) is 4.40. The van der Waals surface area contributed by atoms with Crippen molar-refractivity contribution in [3.8, 4) is 0 Å². The molecule has 1 saturated carbocycles. The third-order valence-corrected chi connectivity index (χ3v) is 3.01. The maximum absolute atomic E-state index is 11.8. The zero-order valence-corrected chi connectivity index (χ0v) is 10.4. The summed E-state index contributed by atoms with van der Waals surface area (Å²) in [6, 6.07) is 0. The van der Waals surface area contributed by atoms with E-state index in [4.69, 9.17) is 9.94 Å². The molecule has 1 aliphatic rings. The molecule has 0 radical (unpaired) electrons. The van der Waals surface area contributed by atoms with Crippen LogP contribution >= 0.6 is 0 Å². The molecule has 5 heteroatoms. The second-order valence-corrected chi connectivity index (χ2v) is 5.01. The molecule has 0 aromatic rings. The Morgan fingerprint density at radius 2 is 1.88 bits per heavy atom. The van der Waals surface area contributed by atoms with E-state index in [9.17, 15) is 9.59 Å². The topological polar surface area (TPSA) is 75.6 Å². The van der Waals surface area contributed by atoms with Gasteiger partial charge in [0.2, 0.25) is 5.91 Å². The van der Waals surface area contributed by atoms with E-state index in [1.807, 2.05) is 13.8 Å². The van der Waals surface area contributed by atoms with E-state index in [2.05, 4.69) is 5.48 Å². The molecule has 1 aliphatic carbocycles. The van der Waals surface area contributed by atoms with Gasteiger partial charge in [0, 0.05) is 0 Å². The number of aliphatic carboxylic acids is 1. The summed E-state index contributed by atoms with van der Waals surface area (Å²) in [5.41, 5.74) is 2.37. The molecule has 1 rings (SSSR count). The molecule has 17 heavy (non-hydrogen) atoms. The van der Waals surface area contributed by atoms with Gasteiger partial charge >= 0.3 is 5.97 Å². The third kappa shape index (κ3) is 4.34. The van der Waals surface area contributed by atoms with Crippen molar-refractivity contribution in [1.82, 2.24) is 5.48 Å². The van der Waals surface area contributed by atoms with Crippen LogP contribution in [0.3, 0.4) is 0 Å². The standard InChI is InChI=1S/C12H21NO4/c1-8(2)7-17-13-11(14)9-5-3-4-6-10(9)12(15)16/h8-10H,3-7H2,1-2H3,(H,13,14)(H,15,16). The van der Waals surface area contributed by atoms with Crippen molar-refractivity contribution in [1.29, 1.82) is 0 Å². The van der Waals surface area contributed by atoms with Gasteiger partial charge in [-0.2, -0.15) is 0 Å². The number of nitrogens with one attached hydrogen (secondary N) is 1. The molecule has 0 aromatic heterocycles. The Labute approximate surface area is 101 Å². The van der Waals surface area contributed by atoms with Crippen molar-refractivity contribution in [2.24, 2.45) is 17.8 Å². The Morgan fingerprint density at radius 1 is 1.29 bits per heavy atom. The SMILES string of the molecule is CC(C)CONC(=O)C1CCCCC1C(=O)O. The highest BCUT2D eigenvalue weighted by atomic mass is 16.7. The molecule has 5 nitrogen and oxygen atoms in total. The van der Waals surface area contributed by atoms with E-state index in [-0.39, 0.29) is 5.91 Å². The normalized spacial score (nSPS) is 24.6. The summed E-state index contributed by atoms with van der Waals surface area (Å²) < 4.78 is 0. The van der Waals surface area contributed by atoms with E-state index in [1.54, 1.807) is 0 Å². The predicted molar refractivity (Wildman–Crippen MR) is 62.0 cm³/mol. The minimum absolute atomic E-state index is 0.294. The van der Waals surface area contributed by atoms with Crippen LogP contribution in [0.1, 0.15) is 39.5 Å². The molecular formula is C12H21NO4. The lowest BCUT2D eigenvalue weighted by molar-refractivity contribution is -0.153. The molecule has 0 spiro atoms. The van der Waals surface area contributed by atoms with Crippen molar-refractivity contribution in [2.75, 3.05) is 6.61 Å². The number of hydroxylamine groups is 1. The number of hydrogen-bond acceptors (Lipinski definition) is 3. The molecule has 2 atom stereocenters. The lowest BCUT2D eigenvalue weighted by atomic mass is 9.79. The summed E-state index contributed by atoms with van der Waals surface area (Å²) in [7, 11) is 0. The number of rotatable bonds is 5. The third-order valence-electron chi connectivity index (χ3n) is 3.01. The fourth-order valence-corrected chi connectivity index (χ4v) is 2.10. The van der Waals surface area contributed by atoms with Crippen LogP contribution in [0.15, 0.2) is 0 Å². The van der Waals surface area contributed by atoms with Gasteiger partial charge in [0.05, 0.1) is 18.4 Å². The predicted octanol–water partition coefficient (Wildman–Crippen LogP) is 1.58. The highest BCUT2D eigenvalue weighted by Crippen LogP contribution is 2.30. The molecule has 0 heterocycles. The maximum atomic E-state index is 11.8. The van der Waals surface area contributed by atoms with Gasteiger partial charge in [0.1, 0.15) is 0 Å². The van der Waals surface area contributed by atoms with Gasteiger partial charge in [-0.05, 0) is 18.8 Å².